The lowest BCUT2D eigenvalue weighted by Crippen LogP contribution is -2.39. The fourth-order valence-electron chi connectivity index (χ4n) is 4.22. The highest BCUT2D eigenvalue weighted by atomic mass is 16.2. The molecule has 2 aliphatic carbocycles. The quantitative estimate of drug-likeness (QED) is 0.720. The van der Waals surface area contributed by atoms with E-state index in [4.69, 9.17) is 0 Å². The Balaban J connectivity index is 1.33. The molecule has 0 spiro atoms. The second-order valence-electron chi connectivity index (χ2n) is 8.16. The third-order valence-electron chi connectivity index (χ3n) is 6.11. The summed E-state index contributed by atoms with van der Waals surface area (Å²) in [5.74, 6) is -0.126. The molecule has 2 aromatic heterocycles. The number of rotatable bonds is 4. The van der Waals surface area contributed by atoms with Gasteiger partial charge in [0.15, 0.2) is 0 Å². The summed E-state index contributed by atoms with van der Waals surface area (Å²) < 4.78 is 1.83. The topological polar surface area (TPSA) is 75.5 Å². The number of aryl methyl sites for hydroxylation is 2. The van der Waals surface area contributed by atoms with Crippen molar-refractivity contribution in [2.45, 2.75) is 51.1 Å². The van der Waals surface area contributed by atoms with Gasteiger partial charge in [-0.2, -0.15) is 0 Å². The van der Waals surface area contributed by atoms with Gasteiger partial charge in [-0.15, -0.1) is 0 Å². The number of carbonyl (C=O) groups excluding carboxylic acids is 2. The van der Waals surface area contributed by atoms with Crippen LogP contribution in [-0.2, 0) is 6.42 Å². The molecule has 2 aliphatic rings. The van der Waals surface area contributed by atoms with Crippen LogP contribution in [0, 0.1) is 6.92 Å². The van der Waals surface area contributed by atoms with Gasteiger partial charge in [0.25, 0.3) is 11.8 Å². The molecular formula is C23H24N4O2. The van der Waals surface area contributed by atoms with Gasteiger partial charge in [0.1, 0.15) is 11.3 Å². The first-order chi connectivity index (χ1) is 14.1. The normalized spacial score (nSPS) is 18.3. The van der Waals surface area contributed by atoms with E-state index < -0.39 is 0 Å². The minimum Gasteiger partial charge on any atom is -0.349 e. The van der Waals surface area contributed by atoms with Crippen molar-refractivity contribution in [2.24, 2.45) is 0 Å². The largest absolute Gasteiger partial charge is 0.349 e. The van der Waals surface area contributed by atoms with Crippen LogP contribution in [0.2, 0.25) is 0 Å². The predicted molar refractivity (Wildman–Crippen MR) is 110 cm³/mol. The molecule has 2 heterocycles. The summed E-state index contributed by atoms with van der Waals surface area (Å²) in [6.07, 6.45) is 8.59. The van der Waals surface area contributed by atoms with Crippen LogP contribution >= 0.6 is 0 Å². The Bertz CT molecular complexity index is 1110. The molecule has 1 atom stereocenters. The van der Waals surface area contributed by atoms with Crippen molar-refractivity contribution in [3.63, 3.8) is 0 Å². The van der Waals surface area contributed by atoms with E-state index in [2.05, 4.69) is 15.6 Å². The molecule has 0 radical (unpaired) electrons. The smallest absolute Gasteiger partial charge is 0.270 e. The summed E-state index contributed by atoms with van der Waals surface area (Å²) in [5, 5.41) is 6.24. The summed E-state index contributed by atoms with van der Waals surface area (Å²) >= 11 is 0. The summed E-state index contributed by atoms with van der Waals surface area (Å²) in [4.78, 5) is 29.6. The number of carbonyl (C=O) groups is 2. The second kappa shape index (κ2) is 7.03. The molecule has 0 saturated heterocycles. The molecule has 0 bridgehead atoms. The number of fused-ring (bicyclic) bond motifs is 2. The lowest BCUT2D eigenvalue weighted by molar-refractivity contribution is 0.0912. The first-order valence-corrected chi connectivity index (χ1v) is 10.3. The van der Waals surface area contributed by atoms with Gasteiger partial charge in [0.05, 0.1) is 12.2 Å². The van der Waals surface area contributed by atoms with Crippen molar-refractivity contribution < 1.29 is 9.59 Å². The Hall–Kier alpha value is -3.15. The highest BCUT2D eigenvalue weighted by Gasteiger charge is 2.27. The monoisotopic (exact) mass is 388 g/mol. The average Bonchev–Trinajstić information content (AvgIpc) is 3.28. The fraction of sp³-hybridized carbons (Fsp3) is 0.348. The Morgan fingerprint density at radius 2 is 1.93 bits per heavy atom. The van der Waals surface area contributed by atoms with Gasteiger partial charge in [-0.25, -0.2) is 4.98 Å². The molecule has 5 rings (SSSR count). The maximum absolute atomic E-state index is 12.9. The molecule has 1 fully saturated rings. The van der Waals surface area contributed by atoms with Crippen LogP contribution in [0.15, 0.2) is 42.7 Å². The van der Waals surface area contributed by atoms with E-state index in [0.29, 0.717) is 17.3 Å². The molecule has 1 saturated carbocycles. The summed E-state index contributed by atoms with van der Waals surface area (Å²) in [5.41, 5.74) is 5.32. The third kappa shape index (κ3) is 3.28. The van der Waals surface area contributed by atoms with Crippen LogP contribution in [0.3, 0.4) is 0 Å². The minimum atomic E-state index is -0.132. The molecule has 6 heteroatoms. The fourth-order valence-corrected chi connectivity index (χ4v) is 4.22. The van der Waals surface area contributed by atoms with Gasteiger partial charge in [-0.1, -0.05) is 12.1 Å². The zero-order valence-corrected chi connectivity index (χ0v) is 16.4. The van der Waals surface area contributed by atoms with Crippen LogP contribution in [0.4, 0.5) is 0 Å². The van der Waals surface area contributed by atoms with Crippen molar-refractivity contribution in [3.05, 3.63) is 70.7 Å². The number of imidazole rings is 1. The van der Waals surface area contributed by atoms with Crippen LogP contribution in [0.5, 0.6) is 0 Å². The van der Waals surface area contributed by atoms with Crippen LogP contribution in [0.1, 0.15) is 69.3 Å². The number of pyridine rings is 1. The number of aromatic nitrogens is 2. The first-order valence-electron chi connectivity index (χ1n) is 10.3. The van der Waals surface area contributed by atoms with E-state index in [0.717, 1.165) is 48.0 Å². The average molecular weight is 388 g/mol. The molecular weight excluding hydrogens is 364 g/mol. The molecule has 3 aromatic rings. The third-order valence-corrected chi connectivity index (χ3v) is 6.11. The molecule has 148 valence electrons. The van der Waals surface area contributed by atoms with Gasteiger partial charge in [-0.3, -0.25) is 14.0 Å². The molecule has 0 aliphatic heterocycles. The number of hydrogen-bond acceptors (Lipinski definition) is 3. The van der Waals surface area contributed by atoms with Crippen molar-refractivity contribution in [2.75, 3.05) is 0 Å². The van der Waals surface area contributed by atoms with E-state index in [1.54, 1.807) is 6.20 Å². The SMILES string of the molecule is Cc1ccc2ncc(C(=O)N[C@@H]3CCc4cc(C(=O)NC5CCC5)ccc43)n2c1. The Morgan fingerprint density at radius 1 is 1.07 bits per heavy atom. The molecule has 1 aromatic carbocycles. The molecule has 0 unspecified atom stereocenters. The zero-order valence-electron chi connectivity index (χ0n) is 16.4. The van der Waals surface area contributed by atoms with Crippen molar-refractivity contribution in [3.8, 4) is 0 Å². The molecule has 6 nitrogen and oxygen atoms in total. The lowest BCUT2D eigenvalue weighted by atomic mass is 9.93. The number of nitrogens with zero attached hydrogens (tertiary/aromatic N) is 2. The Kier molecular flexibility index (Phi) is 4.34. The standard InChI is InChI=1S/C23H24N4O2/c1-14-5-10-21-24-12-20(27(21)13-14)23(29)26-19-9-7-15-11-16(6-8-18(15)19)22(28)25-17-3-2-4-17/h5-6,8,10-13,17,19H,2-4,7,9H2,1H3,(H,25,28)(H,26,29)/t19-/m1/s1. The van der Waals surface area contributed by atoms with E-state index in [-0.39, 0.29) is 17.9 Å². The highest BCUT2D eigenvalue weighted by molar-refractivity contribution is 5.95. The van der Waals surface area contributed by atoms with Gasteiger partial charge in [0.2, 0.25) is 0 Å². The van der Waals surface area contributed by atoms with Crippen molar-refractivity contribution in [1.82, 2.24) is 20.0 Å². The van der Waals surface area contributed by atoms with E-state index in [1.807, 2.05) is 47.9 Å². The predicted octanol–water partition coefficient (Wildman–Crippen LogP) is 3.34. The number of hydrogen-bond donors (Lipinski definition) is 2. The summed E-state index contributed by atoms with van der Waals surface area (Å²) in [7, 11) is 0. The molecule has 29 heavy (non-hydrogen) atoms. The van der Waals surface area contributed by atoms with Crippen molar-refractivity contribution in [1.29, 1.82) is 0 Å². The van der Waals surface area contributed by atoms with Crippen molar-refractivity contribution >= 4 is 17.5 Å². The second-order valence-corrected chi connectivity index (χ2v) is 8.16. The number of benzene rings is 1. The number of nitrogens with one attached hydrogen (secondary N) is 2. The van der Waals surface area contributed by atoms with E-state index in [9.17, 15) is 9.59 Å². The maximum atomic E-state index is 12.9. The molecule has 2 N–H and O–H groups in total. The van der Waals surface area contributed by atoms with E-state index in [1.165, 1.54) is 6.42 Å². The van der Waals surface area contributed by atoms with Gasteiger partial charge in [0, 0.05) is 17.8 Å². The summed E-state index contributed by atoms with van der Waals surface area (Å²) in [6.45, 7) is 1.99. The number of amides is 2. The Morgan fingerprint density at radius 3 is 2.72 bits per heavy atom. The Labute approximate surface area is 169 Å². The van der Waals surface area contributed by atoms with Crippen LogP contribution in [0.25, 0.3) is 5.65 Å². The maximum Gasteiger partial charge on any atom is 0.270 e. The minimum absolute atomic E-state index is 0.00563. The van der Waals surface area contributed by atoms with Gasteiger partial charge < -0.3 is 10.6 Å². The van der Waals surface area contributed by atoms with E-state index >= 15 is 0 Å². The molecule has 2 amide bonds. The zero-order chi connectivity index (χ0) is 20.0. The first kappa shape index (κ1) is 17.9. The van der Waals surface area contributed by atoms with Crippen LogP contribution < -0.4 is 10.6 Å². The van der Waals surface area contributed by atoms with Gasteiger partial charge >= 0.3 is 0 Å². The lowest BCUT2D eigenvalue weighted by Gasteiger charge is -2.26. The van der Waals surface area contributed by atoms with Gasteiger partial charge in [-0.05, 0) is 73.9 Å². The highest BCUT2D eigenvalue weighted by Crippen LogP contribution is 2.32. The summed E-state index contributed by atoms with van der Waals surface area (Å²) in [6, 6.07) is 10.0. The van der Waals surface area contributed by atoms with Crippen LogP contribution in [-0.4, -0.2) is 27.2 Å².